The lowest BCUT2D eigenvalue weighted by atomic mass is 9.96. The third-order valence-corrected chi connectivity index (χ3v) is 4.65. The highest BCUT2D eigenvalue weighted by atomic mass is 35.5. The molecule has 0 saturated carbocycles. The normalized spacial score (nSPS) is 15.6. The molecule has 1 aliphatic rings. The summed E-state index contributed by atoms with van der Waals surface area (Å²) in [6.07, 6.45) is 3.20. The summed E-state index contributed by atoms with van der Waals surface area (Å²) in [4.78, 5) is 14.1. The molecular formula is C16H17ClF2N4O2. The van der Waals surface area contributed by atoms with E-state index in [1.807, 2.05) is 0 Å². The van der Waals surface area contributed by atoms with Crippen molar-refractivity contribution in [2.24, 2.45) is 5.92 Å². The molecule has 25 heavy (non-hydrogen) atoms. The number of aliphatic hydroxyl groups excluding tert-OH is 1. The fourth-order valence-corrected chi connectivity index (χ4v) is 3.17. The largest absolute Gasteiger partial charge is 0.390 e. The molecule has 1 fully saturated rings. The molecule has 0 bridgehead atoms. The second-order valence-electron chi connectivity index (χ2n) is 6.07. The summed E-state index contributed by atoms with van der Waals surface area (Å²) in [6, 6.07) is 1.66. The van der Waals surface area contributed by atoms with Crippen LogP contribution in [0, 0.1) is 17.6 Å². The second-order valence-corrected chi connectivity index (χ2v) is 6.48. The zero-order valence-corrected chi connectivity index (χ0v) is 14.1. The maximum absolute atomic E-state index is 13.4. The van der Waals surface area contributed by atoms with Crippen LogP contribution in [-0.2, 0) is 13.2 Å². The molecule has 1 aromatic carbocycles. The average Bonchev–Trinajstić information content (AvgIpc) is 3.06. The number of benzene rings is 1. The van der Waals surface area contributed by atoms with Gasteiger partial charge in [0.2, 0.25) is 0 Å². The van der Waals surface area contributed by atoms with Gasteiger partial charge in [0, 0.05) is 19.6 Å². The van der Waals surface area contributed by atoms with Crippen molar-refractivity contribution in [3.63, 3.8) is 0 Å². The van der Waals surface area contributed by atoms with Crippen LogP contribution in [0.2, 0.25) is 5.02 Å². The van der Waals surface area contributed by atoms with Gasteiger partial charge in [0.15, 0.2) is 11.6 Å². The third kappa shape index (κ3) is 3.96. The van der Waals surface area contributed by atoms with Gasteiger partial charge in [-0.1, -0.05) is 16.8 Å². The van der Waals surface area contributed by atoms with Crippen molar-refractivity contribution in [3.05, 3.63) is 46.2 Å². The zero-order chi connectivity index (χ0) is 18.0. The van der Waals surface area contributed by atoms with Crippen molar-refractivity contribution in [1.29, 1.82) is 0 Å². The summed E-state index contributed by atoms with van der Waals surface area (Å²) in [5, 5.41) is 16.7. The molecular weight excluding hydrogens is 354 g/mol. The van der Waals surface area contributed by atoms with Crippen molar-refractivity contribution in [1.82, 2.24) is 19.9 Å². The van der Waals surface area contributed by atoms with E-state index in [4.69, 9.17) is 16.7 Å². The Bertz CT molecular complexity index is 775. The quantitative estimate of drug-likeness (QED) is 0.838. The second kappa shape index (κ2) is 7.45. The fraction of sp³-hybridized carbons (Fsp3) is 0.438. The zero-order valence-electron chi connectivity index (χ0n) is 13.3. The standard InChI is InChI=1S/C16H17ClF2N4O2/c17-13-6-15(19)14(18)5-12(13)16(25)22-3-1-10(2-4-22)7-23-8-11(9-24)20-21-23/h5-6,8,10,24H,1-4,7,9H2. The molecule has 1 N–H and O–H groups in total. The van der Waals surface area contributed by atoms with E-state index >= 15 is 0 Å². The molecule has 1 amide bonds. The summed E-state index contributed by atoms with van der Waals surface area (Å²) in [6.45, 7) is 1.50. The van der Waals surface area contributed by atoms with Gasteiger partial charge >= 0.3 is 0 Å². The Morgan fingerprint density at radius 3 is 2.60 bits per heavy atom. The molecule has 0 spiro atoms. The number of hydrogen-bond acceptors (Lipinski definition) is 4. The molecule has 2 aromatic rings. The van der Waals surface area contributed by atoms with Crippen LogP contribution in [0.3, 0.4) is 0 Å². The topological polar surface area (TPSA) is 71.2 Å². The van der Waals surface area contributed by atoms with Crippen molar-refractivity contribution >= 4 is 17.5 Å². The average molecular weight is 371 g/mol. The molecule has 134 valence electrons. The molecule has 6 nitrogen and oxygen atoms in total. The van der Waals surface area contributed by atoms with Crippen LogP contribution in [0.4, 0.5) is 8.78 Å². The van der Waals surface area contributed by atoms with E-state index in [1.54, 1.807) is 15.8 Å². The Labute approximate surface area is 148 Å². The molecule has 0 unspecified atom stereocenters. The highest BCUT2D eigenvalue weighted by molar-refractivity contribution is 6.33. The van der Waals surface area contributed by atoms with E-state index in [-0.39, 0.29) is 17.2 Å². The molecule has 0 radical (unpaired) electrons. The Morgan fingerprint density at radius 1 is 1.28 bits per heavy atom. The lowest BCUT2D eigenvalue weighted by Crippen LogP contribution is -2.39. The number of likely N-dealkylation sites (tertiary alicyclic amines) is 1. The molecule has 1 aliphatic heterocycles. The maximum Gasteiger partial charge on any atom is 0.255 e. The highest BCUT2D eigenvalue weighted by Gasteiger charge is 2.26. The van der Waals surface area contributed by atoms with E-state index in [0.717, 1.165) is 25.0 Å². The lowest BCUT2D eigenvalue weighted by Gasteiger charge is -2.32. The van der Waals surface area contributed by atoms with Gasteiger partial charge in [0.05, 0.1) is 23.4 Å². The van der Waals surface area contributed by atoms with Gasteiger partial charge in [-0.2, -0.15) is 0 Å². The summed E-state index contributed by atoms with van der Waals surface area (Å²) < 4.78 is 28.2. The molecule has 0 atom stereocenters. The summed E-state index contributed by atoms with van der Waals surface area (Å²) >= 11 is 5.87. The first kappa shape index (κ1) is 17.8. The minimum atomic E-state index is -1.09. The van der Waals surface area contributed by atoms with E-state index < -0.39 is 17.5 Å². The number of carbonyl (C=O) groups excluding carboxylic acids is 1. The van der Waals surface area contributed by atoms with Crippen molar-refractivity contribution in [2.75, 3.05) is 13.1 Å². The lowest BCUT2D eigenvalue weighted by molar-refractivity contribution is 0.0680. The summed E-state index contributed by atoms with van der Waals surface area (Å²) in [5.74, 6) is -2.24. The van der Waals surface area contributed by atoms with E-state index in [1.165, 1.54) is 0 Å². The fourth-order valence-electron chi connectivity index (χ4n) is 2.94. The minimum absolute atomic E-state index is 0.0251. The predicted molar refractivity (Wildman–Crippen MR) is 85.9 cm³/mol. The number of aliphatic hydroxyl groups is 1. The first-order chi connectivity index (χ1) is 12.0. The number of aromatic nitrogens is 3. The van der Waals surface area contributed by atoms with E-state index in [9.17, 15) is 13.6 Å². The van der Waals surface area contributed by atoms with Gasteiger partial charge in [-0.3, -0.25) is 9.48 Å². The van der Waals surface area contributed by atoms with Crippen LogP contribution >= 0.6 is 11.6 Å². The molecule has 1 aromatic heterocycles. The van der Waals surface area contributed by atoms with Gasteiger partial charge in [0.25, 0.3) is 5.91 Å². The van der Waals surface area contributed by atoms with Gasteiger partial charge in [-0.25, -0.2) is 8.78 Å². The first-order valence-electron chi connectivity index (χ1n) is 7.91. The van der Waals surface area contributed by atoms with Gasteiger partial charge in [-0.15, -0.1) is 5.10 Å². The molecule has 0 aliphatic carbocycles. The number of piperidine rings is 1. The molecule has 9 heteroatoms. The first-order valence-corrected chi connectivity index (χ1v) is 8.29. The van der Waals surface area contributed by atoms with E-state index in [0.29, 0.717) is 31.2 Å². The Kier molecular flexibility index (Phi) is 5.29. The Balaban J connectivity index is 1.60. The van der Waals surface area contributed by atoms with Crippen LogP contribution in [0.1, 0.15) is 28.9 Å². The van der Waals surface area contributed by atoms with Gasteiger partial charge < -0.3 is 10.0 Å². The van der Waals surface area contributed by atoms with Crippen LogP contribution in [0.25, 0.3) is 0 Å². The molecule has 3 rings (SSSR count). The number of carbonyl (C=O) groups is 1. The molecule has 2 heterocycles. The van der Waals surface area contributed by atoms with Crippen LogP contribution in [-0.4, -0.2) is 44.0 Å². The highest BCUT2D eigenvalue weighted by Crippen LogP contribution is 2.25. The SMILES string of the molecule is O=C(c1cc(F)c(F)cc1Cl)N1CCC(Cn2cc(CO)nn2)CC1. The van der Waals surface area contributed by atoms with Gasteiger partial charge in [0.1, 0.15) is 5.69 Å². The number of halogens is 3. The van der Waals surface area contributed by atoms with E-state index in [2.05, 4.69) is 10.3 Å². The monoisotopic (exact) mass is 370 g/mol. The summed E-state index contributed by atoms with van der Waals surface area (Å²) in [7, 11) is 0. The number of hydrogen-bond donors (Lipinski definition) is 1. The smallest absolute Gasteiger partial charge is 0.255 e. The molecule has 1 saturated heterocycles. The Morgan fingerprint density at radius 2 is 1.96 bits per heavy atom. The number of nitrogens with zero attached hydrogens (tertiary/aromatic N) is 4. The third-order valence-electron chi connectivity index (χ3n) is 4.34. The Hall–Kier alpha value is -2.06. The predicted octanol–water partition coefficient (Wildman–Crippen LogP) is 2.25. The van der Waals surface area contributed by atoms with Crippen molar-refractivity contribution in [3.8, 4) is 0 Å². The summed E-state index contributed by atoms with van der Waals surface area (Å²) in [5.41, 5.74) is 0.489. The number of rotatable bonds is 4. The maximum atomic E-state index is 13.4. The minimum Gasteiger partial charge on any atom is -0.390 e. The van der Waals surface area contributed by atoms with Crippen LogP contribution in [0.15, 0.2) is 18.3 Å². The van der Waals surface area contributed by atoms with Crippen LogP contribution < -0.4 is 0 Å². The van der Waals surface area contributed by atoms with Gasteiger partial charge in [-0.05, 0) is 30.9 Å². The number of amides is 1. The van der Waals surface area contributed by atoms with Crippen molar-refractivity contribution in [2.45, 2.75) is 26.0 Å². The van der Waals surface area contributed by atoms with Crippen LogP contribution in [0.5, 0.6) is 0 Å². The van der Waals surface area contributed by atoms with Crippen molar-refractivity contribution < 1.29 is 18.7 Å².